The van der Waals surface area contributed by atoms with Gasteiger partial charge in [0.25, 0.3) is 5.91 Å². The number of aromatic nitrogens is 2. The molecule has 2 atom stereocenters. The van der Waals surface area contributed by atoms with Crippen LogP contribution in [0.4, 0.5) is 14.5 Å². The van der Waals surface area contributed by atoms with Crippen molar-refractivity contribution in [2.75, 3.05) is 5.32 Å². The second-order valence-corrected chi connectivity index (χ2v) is 8.47. The van der Waals surface area contributed by atoms with Gasteiger partial charge in [-0.1, -0.05) is 48.0 Å². The molecule has 2 heterocycles. The molecule has 1 aliphatic rings. The molecule has 1 amide bonds. The molecule has 5 rings (SSSR count). The molecule has 0 fully saturated rings. The number of fused-ring (bicyclic) bond motifs is 1. The lowest BCUT2D eigenvalue weighted by atomic mass is 9.95. The number of hydrogen-bond acceptors (Lipinski definition) is 2. The molecule has 2 aromatic carbocycles. The van der Waals surface area contributed by atoms with E-state index in [2.05, 4.69) is 10.4 Å². The van der Waals surface area contributed by atoms with Crippen LogP contribution in [0.15, 0.2) is 85.1 Å². The second kappa shape index (κ2) is 8.71. The Morgan fingerprint density at radius 2 is 1.82 bits per heavy atom. The third-order valence-electron chi connectivity index (χ3n) is 6.09. The van der Waals surface area contributed by atoms with E-state index < -0.39 is 12.3 Å². The molecule has 0 saturated carbocycles. The monoisotopic (exact) mass is 455 g/mol. The van der Waals surface area contributed by atoms with Gasteiger partial charge in [0.15, 0.2) is 12.3 Å². The average Bonchev–Trinajstić information content (AvgIpc) is 3.27. The average molecular weight is 456 g/mol. The van der Waals surface area contributed by atoms with Crippen LogP contribution in [0, 0.1) is 13.8 Å². The smallest absolute Gasteiger partial charge is 0.255 e. The minimum absolute atomic E-state index is 0.204. The highest BCUT2D eigenvalue weighted by Crippen LogP contribution is 2.33. The molecule has 0 radical (unpaired) electrons. The maximum atomic E-state index is 14.6. The van der Waals surface area contributed by atoms with Gasteiger partial charge in [0.05, 0.1) is 17.4 Å². The summed E-state index contributed by atoms with van der Waals surface area (Å²) in [5, 5.41) is 7.41. The van der Waals surface area contributed by atoms with Crippen molar-refractivity contribution in [3.05, 3.63) is 107 Å². The van der Waals surface area contributed by atoms with Crippen LogP contribution in [0.3, 0.4) is 0 Å². The number of hydrogen-bond donors (Lipinski definition) is 1. The summed E-state index contributed by atoms with van der Waals surface area (Å²) < 4.78 is 30.2. The fourth-order valence-electron chi connectivity index (χ4n) is 4.18. The quantitative estimate of drug-likeness (QED) is 0.382. The van der Waals surface area contributed by atoms with Crippen molar-refractivity contribution in [1.82, 2.24) is 9.61 Å². The Morgan fingerprint density at radius 3 is 2.62 bits per heavy atom. The van der Waals surface area contributed by atoms with Crippen molar-refractivity contribution in [2.24, 2.45) is 0 Å². The summed E-state index contributed by atoms with van der Waals surface area (Å²) in [7, 11) is 0. The zero-order chi connectivity index (χ0) is 23.8. The lowest BCUT2D eigenvalue weighted by molar-refractivity contribution is 0.102. The third kappa shape index (κ3) is 3.92. The molecule has 170 valence electrons. The zero-order valence-corrected chi connectivity index (χ0v) is 18.8. The highest BCUT2D eigenvalue weighted by atomic mass is 19.2. The van der Waals surface area contributed by atoms with Crippen LogP contribution in [0.5, 0.6) is 0 Å². The first kappa shape index (κ1) is 21.8. The number of carbonyl (C=O) groups excluding carboxylic acids is 1. The van der Waals surface area contributed by atoms with Gasteiger partial charge in [-0.25, -0.2) is 13.3 Å². The van der Waals surface area contributed by atoms with Crippen LogP contribution in [0.1, 0.15) is 27.0 Å². The highest BCUT2D eigenvalue weighted by Gasteiger charge is 2.27. The van der Waals surface area contributed by atoms with Crippen LogP contribution < -0.4 is 5.32 Å². The standard InChI is InChI=1S/C28H23F2N3O/c1-17-9-13-20(14-10-17)32-28(34)22-15-19(12-11-18(22)2)25-7-4-8-26-23(16-31-33(25)26)21-5-3-6-24(29)27(21)30/h3-16,24,27H,1-2H3,(H,32,34). The number of carbonyl (C=O) groups is 1. The number of nitrogens with zero attached hydrogens (tertiary/aromatic N) is 2. The van der Waals surface area contributed by atoms with Crippen LogP contribution in [0.2, 0.25) is 0 Å². The summed E-state index contributed by atoms with van der Waals surface area (Å²) in [4.78, 5) is 13.0. The Hall–Kier alpha value is -4.06. The number of amides is 1. The van der Waals surface area contributed by atoms with Crippen LogP contribution >= 0.6 is 0 Å². The Balaban J connectivity index is 1.53. The van der Waals surface area contributed by atoms with Crippen LogP contribution in [0.25, 0.3) is 22.3 Å². The molecule has 1 N–H and O–H groups in total. The lowest BCUT2D eigenvalue weighted by Crippen LogP contribution is -2.18. The maximum Gasteiger partial charge on any atom is 0.255 e. The largest absolute Gasteiger partial charge is 0.322 e. The van der Waals surface area contributed by atoms with Crippen molar-refractivity contribution in [1.29, 1.82) is 0 Å². The van der Waals surface area contributed by atoms with Crippen molar-refractivity contribution in [3.8, 4) is 11.3 Å². The van der Waals surface area contributed by atoms with E-state index in [-0.39, 0.29) is 11.5 Å². The lowest BCUT2D eigenvalue weighted by Gasteiger charge is -2.17. The SMILES string of the molecule is Cc1ccc(NC(=O)c2cc(-c3cccc4c(C5=CC=CC(F)C5F)cnn34)ccc2C)cc1. The number of anilines is 1. The van der Waals surface area contributed by atoms with E-state index in [1.807, 2.05) is 74.5 Å². The van der Waals surface area contributed by atoms with Gasteiger partial charge >= 0.3 is 0 Å². The minimum atomic E-state index is -1.74. The van der Waals surface area contributed by atoms with Gasteiger partial charge in [0.2, 0.25) is 0 Å². The summed E-state index contributed by atoms with van der Waals surface area (Å²) in [6, 6.07) is 18.8. The van der Waals surface area contributed by atoms with E-state index in [0.717, 1.165) is 28.1 Å². The Labute approximate surface area is 196 Å². The van der Waals surface area contributed by atoms with Crippen molar-refractivity contribution < 1.29 is 13.6 Å². The van der Waals surface area contributed by atoms with Gasteiger partial charge in [-0.2, -0.15) is 5.10 Å². The van der Waals surface area contributed by atoms with Crippen molar-refractivity contribution in [3.63, 3.8) is 0 Å². The summed E-state index contributed by atoms with van der Waals surface area (Å²) in [5.41, 5.74) is 6.24. The first-order valence-corrected chi connectivity index (χ1v) is 11.0. The molecule has 2 unspecified atom stereocenters. The highest BCUT2D eigenvalue weighted by molar-refractivity contribution is 6.06. The van der Waals surface area contributed by atoms with Crippen LogP contribution in [-0.4, -0.2) is 27.9 Å². The van der Waals surface area contributed by atoms with E-state index in [9.17, 15) is 13.6 Å². The predicted molar refractivity (Wildman–Crippen MR) is 131 cm³/mol. The molecular formula is C28H23F2N3O. The van der Waals surface area contributed by atoms with Gasteiger partial charge in [-0.15, -0.1) is 0 Å². The van der Waals surface area contributed by atoms with E-state index in [4.69, 9.17) is 0 Å². The molecule has 6 heteroatoms. The summed E-state index contributed by atoms with van der Waals surface area (Å²) >= 11 is 0. The van der Waals surface area contributed by atoms with Gasteiger partial charge < -0.3 is 5.32 Å². The second-order valence-electron chi connectivity index (χ2n) is 8.47. The van der Waals surface area contributed by atoms with Crippen LogP contribution in [-0.2, 0) is 0 Å². The third-order valence-corrected chi connectivity index (χ3v) is 6.09. The van der Waals surface area contributed by atoms with Gasteiger partial charge in [-0.3, -0.25) is 4.79 Å². The number of nitrogens with one attached hydrogen (secondary N) is 1. The molecule has 0 spiro atoms. The maximum absolute atomic E-state index is 14.6. The first-order valence-electron chi connectivity index (χ1n) is 11.0. The van der Waals surface area contributed by atoms with E-state index in [0.29, 0.717) is 16.6 Å². The molecule has 4 aromatic rings. The summed E-state index contributed by atoms with van der Waals surface area (Å²) in [6.07, 6.45) is 2.47. The Kier molecular flexibility index (Phi) is 5.57. The fraction of sp³-hybridized carbons (Fsp3) is 0.143. The Morgan fingerprint density at radius 1 is 1.03 bits per heavy atom. The number of aryl methyl sites for hydroxylation is 2. The number of pyridine rings is 1. The normalized spacial score (nSPS) is 17.6. The van der Waals surface area contributed by atoms with Gasteiger partial charge in [0, 0.05) is 28.0 Å². The zero-order valence-electron chi connectivity index (χ0n) is 18.8. The van der Waals surface area contributed by atoms with Crippen molar-refractivity contribution in [2.45, 2.75) is 26.2 Å². The van der Waals surface area contributed by atoms with E-state index in [1.54, 1.807) is 16.8 Å². The number of halogens is 2. The molecule has 0 bridgehead atoms. The van der Waals surface area contributed by atoms with Crippen molar-refractivity contribution >= 4 is 22.7 Å². The summed E-state index contributed by atoms with van der Waals surface area (Å²) in [5.74, 6) is -0.204. The number of alkyl halides is 2. The molecule has 1 aliphatic carbocycles. The van der Waals surface area contributed by atoms with Gasteiger partial charge in [-0.05, 0) is 55.8 Å². The molecule has 0 saturated heterocycles. The minimum Gasteiger partial charge on any atom is -0.322 e. The number of benzene rings is 2. The molecule has 0 aliphatic heterocycles. The predicted octanol–water partition coefficient (Wildman–Crippen LogP) is 6.50. The van der Waals surface area contributed by atoms with E-state index in [1.165, 1.54) is 12.2 Å². The van der Waals surface area contributed by atoms with Gasteiger partial charge in [0.1, 0.15) is 0 Å². The fourth-order valence-corrected chi connectivity index (χ4v) is 4.18. The molecule has 4 nitrogen and oxygen atoms in total. The molecule has 34 heavy (non-hydrogen) atoms. The number of allylic oxidation sites excluding steroid dienone is 4. The molecular weight excluding hydrogens is 432 g/mol. The molecule has 2 aromatic heterocycles. The first-order chi connectivity index (χ1) is 16.4. The Bertz CT molecular complexity index is 1450. The number of rotatable bonds is 4. The summed E-state index contributed by atoms with van der Waals surface area (Å²) in [6.45, 7) is 3.88. The topological polar surface area (TPSA) is 46.4 Å². The van der Waals surface area contributed by atoms with E-state index >= 15 is 0 Å².